The van der Waals surface area contributed by atoms with Crippen LogP contribution in [-0.4, -0.2) is 28.2 Å². The van der Waals surface area contributed by atoms with Crippen molar-refractivity contribution in [3.05, 3.63) is 41.3 Å². The van der Waals surface area contributed by atoms with Crippen molar-refractivity contribution < 1.29 is 19.4 Å². The van der Waals surface area contributed by atoms with Crippen LogP contribution in [0.4, 0.5) is 0 Å². The van der Waals surface area contributed by atoms with Gasteiger partial charge in [-0.25, -0.2) is 14.8 Å². The summed E-state index contributed by atoms with van der Waals surface area (Å²) in [4.78, 5) is 18.7. The SMILES string of the molecule is COc1ccc(C(=O)O)c(Oc2ncncc2Cl)c1. The Kier molecular flexibility index (Phi) is 3.82. The molecule has 0 aliphatic heterocycles. The average molecular weight is 281 g/mol. The molecule has 7 heteroatoms. The number of carboxylic acids is 1. The van der Waals surface area contributed by atoms with Crippen molar-refractivity contribution in [2.24, 2.45) is 0 Å². The highest BCUT2D eigenvalue weighted by Crippen LogP contribution is 2.31. The summed E-state index contributed by atoms with van der Waals surface area (Å²) in [7, 11) is 1.47. The molecular weight excluding hydrogens is 272 g/mol. The number of rotatable bonds is 4. The summed E-state index contributed by atoms with van der Waals surface area (Å²) in [6.45, 7) is 0. The van der Waals surface area contributed by atoms with Gasteiger partial charge in [0.25, 0.3) is 0 Å². The van der Waals surface area contributed by atoms with E-state index in [0.29, 0.717) is 5.75 Å². The second-order valence-electron chi connectivity index (χ2n) is 3.45. The maximum absolute atomic E-state index is 11.1. The fourth-order valence-corrected chi connectivity index (χ4v) is 1.52. The standard InChI is InChI=1S/C12H9ClN2O4/c1-18-7-2-3-8(12(16)17)10(4-7)19-11-9(13)5-14-6-15-11/h2-6H,1H3,(H,16,17). The third-order valence-corrected chi connectivity index (χ3v) is 2.52. The lowest BCUT2D eigenvalue weighted by molar-refractivity contribution is 0.0694. The van der Waals surface area contributed by atoms with Gasteiger partial charge in [-0.2, -0.15) is 0 Å². The Bertz CT molecular complexity index is 618. The van der Waals surface area contributed by atoms with E-state index in [0.717, 1.165) is 0 Å². The Hall–Kier alpha value is -2.34. The highest BCUT2D eigenvalue weighted by atomic mass is 35.5. The molecule has 98 valence electrons. The molecule has 1 N–H and O–H groups in total. The Morgan fingerprint density at radius 1 is 1.42 bits per heavy atom. The number of hydrogen-bond donors (Lipinski definition) is 1. The van der Waals surface area contributed by atoms with Gasteiger partial charge in [0, 0.05) is 6.07 Å². The van der Waals surface area contributed by atoms with Crippen molar-refractivity contribution in [2.45, 2.75) is 0 Å². The average Bonchev–Trinajstić information content (AvgIpc) is 2.41. The molecule has 0 atom stereocenters. The van der Waals surface area contributed by atoms with Crippen LogP contribution in [0.2, 0.25) is 5.02 Å². The predicted octanol–water partition coefficient (Wildman–Crippen LogP) is 2.63. The van der Waals surface area contributed by atoms with Gasteiger partial charge in [-0.15, -0.1) is 0 Å². The first-order chi connectivity index (χ1) is 9.11. The first-order valence-corrected chi connectivity index (χ1v) is 5.54. The molecule has 0 fully saturated rings. The van der Waals surface area contributed by atoms with Crippen molar-refractivity contribution in [2.75, 3.05) is 7.11 Å². The van der Waals surface area contributed by atoms with Crippen LogP contribution < -0.4 is 9.47 Å². The number of benzene rings is 1. The molecule has 0 spiro atoms. The topological polar surface area (TPSA) is 81.5 Å². The van der Waals surface area contributed by atoms with Crippen LogP contribution in [0.15, 0.2) is 30.7 Å². The Balaban J connectivity index is 2.43. The second-order valence-corrected chi connectivity index (χ2v) is 3.85. The fraction of sp³-hybridized carbons (Fsp3) is 0.0833. The minimum absolute atomic E-state index is 0.0181. The van der Waals surface area contributed by atoms with Crippen molar-refractivity contribution in [1.82, 2.24) is 9.97 Å². The van der Waals surface area contributed by atoms with E-state index in [1.54, 1.807) is 0 Å². The first-order valence-electron chi connectivity index (χ1n) is 5.16. The fourth-order valence-electron chi connectivity index (χ4n) is 1.37. The Morgan fingerprint density at radius 3 is 2.84 bits per heavy atom. The van der Waals surface area contributed by atoms with Crippen molar-refractivity contribution >= 4 is 17.6 Å². The van der Waals surface area contributed by atoms with Crippen LogP contribution in [0.25, 0.3) is 0 Å². The second kappa shape index (κ2) is 5.53. The molecule has 0 bridgehead atoms. The molecule has 0 saturated heterocycles. The predicted molar refractivity (Wildman–Crippen MR) is 67.1 cm³/mol. The molecule has 0 unspecified atom stereocenters. The van der Waals surface area contributed by atoms with Crippen LogP contribution >= 0.6 is 11.6 Å². The zero-order valence-corrected chi connectivity index (χ0v) is 10.6. The van der Waals surface area contributed by atoms with E-state index in [2.05, 4.69) is 9.97 Å². The normalized spacial score (nSPS) is 10.0. The lowest BCUT2D eigenvalue weighted by atomic mass is 10.2. The lowest BCUT2D eigenvalue weighted by Gasteiger charge is -2.10. The monoisotopic (exact) mass is 280 g/mol. The van der Waals surface area contributed by atoms with Crippen molar-refractivity contribution in [3.63, 3.8) is 0 Å². The zero-order valence-electron chi connectivity index (χ0n) is 9.83. The minimum atomic E-state index is -1.12. The van der Waals surface area contributed by atoms with Gasteiger partial charge in [-0.3, -0.25) is 0 Å². The van der Waals surface area contributed by atoms with Crippen molar-refractivity contribution in [3.8, 4) is 17.4 Å². The molecule has 19 heavy (non-hydrogen) atoms. The summed E-state index contributed by atoms with van der Waals surface area (Å²) in [5.74, 6) is -0.493. The Morgan fingerprint density at radius 2 is 2.21 bits per heavy atom. The van der Waals surface area contributed by atoms with Crippen LogP contribution in [0.3, 0.4) is 0 Å². The smallest absolute Gasteiger partial charge is 0.339 e. The largest absolute Gasteiger partial charge is 0.497 e. The number of nitrogens with zero attached hydrogens (tertiary/aromatic N) is 2. The van der Waals surface area contributed by atoms with E-state index in [1.807, 2.05) is 0 Å². The number of aromatic carboxylic acids is 1. The molecule has 2 aromatic rings. The van der Waals surface area contributed by atoms with Crippen LogP contribution in [-0.2, 0) is 0 Å². The van der Waals surface area contributed by atoms with Crippen molar-refractivity contribution in [1.29, 1.82) is 0 Å². The lowest BCUT2D eigenvalue weighted by Crippen LogP contribution is -2.01. The Labute approximate surface area is 113 Å². The zero-order chi connectivity index (χ0) is 13.8. The van der Waals surface area contributed by atoms with E-state index in [9.17, 15) is 4.79 Å². The number of ether oxygens (including phenoxy) is 2. The van der Waals surface area contributed by atoms with Gasteiger partial charge in [0.05, 0.1) is 13.3 Å². The molecule has 1 aromatic heterocycles. The summed E-state index contributed by atoms with van der Waals surface area (Å²) in [6.07, 6.45) is 2.60. The molecule has 1 aromatic carbocycles. The molecule has 2 rings (SSSR count). The number of halogens is 1. The van der Waals surface area contributed by atoms with Gasteiger partial charge in [0.2, 0.25) is 5.88 Å². The van der Waals surface area contributed by atoms with E-state index in [-0.39, 0.29) is 22.2 Å². The molecule has 0 aliphatic rings. The maximum atomic E-state index is 11.1. The summed E-state index contributed by atoms with van der Waals surface area (Å²) < 4.78 is 10.4. The van der Waals surface area contributed by atoms with Gasteiger partial charge in [0.15, 0.2) is 0 Å². The highest BCUT2D eigenvalue weighted by Gasteiger charge is 2.15. The van der Waals surface area contributed by atoms with Crippen LogP contribution in [0.1, 0.15) is 10.4 Å². The molecule has 0 radical (unpaired) electrons. The maximum Gasteiger partial charge on any atom is 0.339 e. The summed E-state index contributed by atoms with van der Waals surface area (Å²) in [5, 5.41) is 9.27. The molecule has 1 heterocycles. The summed E-state index contributed by atoms with van der Waals surface area (Å²) >= 11 is 5.85. The third-order valence-electron chi connectivity index (χ3n) is 2.26. The first kappa shape index (κ1) is 13.1. The van der Waals surface area contributed by atoms with E-state index >= 15 is 0 Å². The molecule has 0 saturated carbocycles. The number of aromatic nitrogens is 2. The number of methoxy groups -OCH3 is 1. The third kappa shape index (κ3) is 2.92. The van der Waals surface area contributed by atoms with Gasteiger partial charge in [-0.05, 0) is 12.1 Å². The summed E-state index contributed by atoms with van der Waals surface area (Å²) in [6, 6.07) is 4.35. The van der Waals surface area contributed by atoms with Gasteiger partial charge in [-0.1, -0.05) is 11.6 Å². The number of hydrogen-bond acceptors (Lipinski definition) is 5. The quantitative estimate of drug-likeness (QED) is 0.927. The molecular formula is C12H9ClN2O4. The van der Waals surface area contributed by atoms with Gasteiger partial charge in [0.1, 0.15) is 28.4 Å². The van der Waals surface area contributed by atoms with E-state index in [1.165, 1.54) is 37.8 Å². The number of carboxylic acid groups (broad SMARTS) is 1. The summed E-state index contributed by atoms with van der Waals surface area (Å²) in [5.41, 5.74) is -0.0181. The van der Waals surface area contributed by atoms with Gasteiger partial charge >= 0.3 is 5.97 Å². The highest BCUT2D eigenvalue weighted by molar-refractivity contribution is 6.31. The van der Waals surface area contributed by atoms with Gasteiger partial charge < -0.3 is 14.6 Å². The molecule has 0 amide bonds. The van der Waals surface area contributed by atoms with E-state index in [4.69, 9.17) is 26.2 Å². The van der Waals surface area contributed by atoms with Crippen LogP contribution in [0, 0.1) is 0 Å². The van der Waals surface area contributed by atoms with E-state index < -0.39 is 5.97 Å². The number of carbonyl (C=O) groups is 1. The minimum Gasteiger partial charge on any atom is -0.497 e. The van der Waals surface area contributed by atoms with Crippen LogP contribution in [0.5, 0.6) is 17.4 Å². The molecule has 6 nitrogen and oxygen atoms in total. The molecule has 0 aliphatic carbocycles.